The first-order valence-corrected chi connectivity index (χ1v) is 9.02. The van der Waals surface area contributed by atoms with Gasteiger partial charge in [0.1, 0.15) is 12.3 Å². The molecule has 1 aromatic carbocycles. The lowest BCUT2D eigenvalue weighted by molar-refractivity contribution is -0.139. The Hall–Kier alpha value is -4.00. The van der Waals surface area contributed by atoms with Crippen molar-refractivity contribution in [1.29, 1.82) is 0 Å². The molecule has 0 N–H and O–H groups in total. The maximum absolute atomic E-state index is 12.2. The summed E-state index contributed by atoms with van der Waals surface area (Å²) in [6.45, 7) is 1.82. The summed E-state index contributed by atoms with van der Waals surface area (Å²) < 4.78 is 8.39. The Morgan fingerprint density at radius 2 is 1.97 bits per heavy atom. The second-order valence-corrected chi connectivity index (χ2v) is 6.52. The van der Waals surface area contributed by atoms with E-state index in [0.717, 1.165) is 16.8 Å². The summed E-state index contributed by atoms with van der Waals surface area (Å²) >= 11 is 0. The van der Waals surface area contributed by atoms with Gasteiger partial charge in [-0.2, -0.15) is 5.10 Å². The Morgan fingerprint density at radius 3 is 2.79 bits per heavy atom. The fraction of sp³-hybridized carbons (Fsp3) is 0.0909. The Bertz CT molecular complexity index is 1260. The number of pyridine rings is 1. The van der Waals surface area contributed by atoms with Crippen molar-refractivity contribution in [2.24, 2.45) is 0 Å². The fourth-order valence-corrected chi connectivity index (χ4v) is 2.83. The summed E-state index contributed by atoms with van der Waals surface area (Å²) in [6, 6.07) is 14.7. The number of carbonyl (C=O) groups excluding carboxylic acids is 1. The van der Waals surface area contributed by atoms with Crippen LogP contribution in [0.2, 0.25) is 0 Å². The van der Waals surface area contributed by atoms with E-state index < -0.39 is 5.97 Å². The standard InChI is InChI=1S/C22H18N4O3/c1-16-7-9-20-24-18(11-21(27)25(20)13-16)15-29-22(28)10-8-17-12-23-26(14-17)19-5-3-2-4-6-19/h2-14H,15H2,1H3/b10-8+. The van der Waals surface area contributed by atoms with Crippen molar-refractivity contribution < 1.29 is 9.53 Å². The first-order chi connectivity index (χ1) is 14.1. The van der Waals surface area contributed by atoms with Crippen LogP contribution in [0.25, 0.3) is 17.4 Å². The maximum Gasteiger partial charge on any atom is 0.331 e. The van der Waals surface area contributed by atoms with Gasteiger partial charge in [0, 0.05) is 30.1 Å². The number of aromatic nitrogens is 4. The highest BCUT2D eigenvalue weighted by molar-refractivity contribution is 5.86. The minimum Gasteiger partial charge on any atom is -0.456 e. The number of nitrogens with zero attached hydrogens (tertiary/aromatic N) is 4. The number of rotatable bonds is 5. The van der Waals surface area contributed by atoms with Crippen molar-refractivity contribution in [3.8, 4) is 5.69 Å². The molecule has 4 aromatic rings. The van der Waals surface area contributed by atoms with Crippen LogP contribution in [-0.4, -0.2) is 25.1 Å². The lowest BCUT2D eigenvalue weighted by Crippen LogP contribution is -2.16. The molecule has 0 amide bonds. The molecule has 4 rings (SSSR count). The van der Waals surface area contributed by atoms with Crippen LogP contribution in [0.3, 0.4) is 0 Å². The molecule has 0 atom stereocenters. The Kier molecular flexibility index (Phi) is 5.03. The molecule has 0 aliphatic carbocycles. The smallest absolute Gasteiger partial charge is 0.331 e. The second-order valence-electron chi connectivity index (χ2n) is 6.52. The number of aryl methyl sites for hydroxylation is 1. The normalized spacial score (nSPS) is 11.2. The zero-order valence-corrected chi connectivity index (χ0v) is 15.7. The molecule has 0 unspecified atom stereocenters. The summed E-state index contributed by atoms with van der Waals surface area (Å²) in [5.74, 6) is -0.525. The monoisotopic (exact) mass is 386 g/mol. The molecule has 7 heteroatoms. The molecule has 0 spiro atoms. The quantitative estimate of drug-likeness (QED) is 0.389. The molecule has 0 saturated carbocycles. The number of hydrogen-bond donors (Lipinski definition) is 0. The average molecular weight is 386 g/mol. The van der Waals surface area contributed by atoms with E-state index in [0.29, 0.717) is 11.3 Å². The Balaban J connectivity index is 1.40. The van der Waals surface area contributed by atoms with Crippen LogP contribution in [0.4, 0.5) is 0 Å². The van der Waals surface area contributed by atoms with Gasteiger partial charge in [0.15, 0.2) is 0 Å². The molecule has 29 heavy (non-hydrogen) atoms. The van der Waals surface area contributed by atoms with E-state index >= 15 is 0 Å². The molecule has 7 nitrogen and oxygen atoms in total. The number of para-hydroxylation sites is 1. The molecule has 0 radical (unpaired) electrons. The fourth-order valence-electron chi connectivity index (χ4n) is 2.83. The van der Waals surface area contributed by atoms with Crippen LogP contribution in [0, 0.1) is 6.92 Å². The van der Waals surface area contributed by atoms with Crippen LogP contribution in [0.1, 0.15) is 16.8 Å². The van der Waals surface area contributed by atoms with Gasteiger partial charge in [-0.1, -0.05) is 24.3 Å². The summed E-state index contributed by atoms with van der Waals surface area (Å²) in [4.78, 5) is 28.6. The van der Waals surface area contributed by atoms with Gasteiger partial charge in [0.25, 0.3) is 5.56 Å². The first-order valence-electron chi connectivity index (χ1n) is 9.02. The summed E-state index contributed by atoms with van der Waals surface area (Å²) in [5, 5.41) is 4.27. The zero-order valence-electron chi connectivity index (χ0n) is 15.7. The van der Waals surface area contributed by atoms with Crippen LogP contribution < -0.4 is 5.56 Å². The predicted molar refractivity (Wildman–Crippen MR) is 109 cm³/mol. The van der Waals surface area contributed by atoms with E-state index in [9.17, 15) is 9.59 Å². The second kappa shape index (κ2) is 7.93. The SMILES string of the molecule is Cc1ccc2nc(COC(=O)/C=C/c3cnn(-c4ccccc4)c3)cc(=O)n2c1. The van der Waals surface area contributed by atoms with Crippen LogP contribution >= 0.6 is 0 Å². The topological polar surface area (TPSA) is 78.5 Å². The highest BCUT2D eigenvalue weighted by Gasteiger charge is 2.05. The van der Waals surface area contributed by atoms with Gasteiger partial charge < -0.3 is 4.74 Å². The van der Waals surface area contributed by atoms with E-state index in [4.69, 9.17) is 4.74 Å². The van der Waals surface area contributed by atoms with Crippen molar-refractivity contribution >= 4 is 17.7 Å². The molecular formula is C22H18N4O3. The molecule has 0 aliphatic rings. The lowest BCUT2D eigenvalue weighted by Gasteiger charge is -2.05. The summed E-state index contributed by atoms with van der Waals surface area (Å²) in [6.07, 6.45) is 8.14. The van der Waals surface area contributed by atoms with Gasteiger partial charge in [-0.25, -0.2) is 14.5 Å². The third-order valence-electron chi connectivity index (χ3n) is 4.26. The molecule has 0 saturated heterocycles. The summed E-state index contributed by atoms with van der Waals surface area (Å²) in [5.41, 5.74) is 3.35. The number of carbonyl (C=O) groups is 1. The van der Waals surface area contributed by atoms with Crippen molar-refractivity contribution in [2.75, 3.05) is 0 Å². The molecule has 144 valence electrons. The largest absolute Gasteiger partial charge is 0.456 e. The molecule has 0 fully saturated rings. The molecule has 0 bridgehead atoms. The molecular weight excluding hydrogens is 368 g/mol. The van der Waals surface area contributed by atoms with Crippen LogP contribution in [0.15, 0.2) is 78.0 Å². The number of esters is 1. The lowest BCUT2D eigenvalue weighted by atomic mass is 10.3. The van der Waals surface area contributed by atoms with E-state index in [2.05, 4.69) is 10.1 Å². The minimum absolute atomic E-state index is 0.0773. The molecule has 3 heterocycles. The van der Waals surface area contributed by atoms with E-state index in [1.165, 1.54) is 16.5 Å². The molecule has 3 aromatic heterocycles. The first kappa shape index (κ1) is 18.4. The third-order valence-corrected chi connectivity index (χ3v) is 4.26. The number of hydrogen-bond acceptors (Lipinski definition) is 5. The minimum atomic E-state index is -0.525. The maximum atomic E-state index is 12.2. The highest BCUT2D eigenvalue weighted by Crippen LogP contribution is 2.09. The van der Waals surface area contributed by atoms with Crippen LogP contribution in [0.5, 0.6) is 0 Å². The van der Waals surface area contributed by atoms with Crippen molar-refractivity contribution in [1.82, 2.24) is 19.2 Å². The number of ether oxygens (including phenoxy) is 1. The molecule has 0 aliphatic heterocycles. The van der Waals surface area contributed by atoms with Gasteiger partial charge in [-0.15, -0.1) is 0 Å². The average Bonchev–Trinajstić information content (AvgIpc) is 3.21. The van der Waals surface area contributed by atoms with Crippen molar-refractivity contribution in [3.05, 3.63) is 100 Å². The van der Waals surface area contributed by atoms with E-state index in [1.807, 2.05) is 49.5 Å². The predicted octanol–water partition coefficient (Wildman–Crippen LogP) is 2.95. The number of fused-ring (bicyclic) bond motifs is 1. The van der Waals surface area contributed by atoms with E-state index in [-0.39, 0.29) is 12.2 Å². The third kappa shape index (κ3) is 4.30. The van der Waals surface area contributed by atoms with Crippen molar-refractivity contribution in [2.45, 2.75) is 13.5 Å². The van der Waals surface area contributed by atoms with Gasteiger partial charge in [0.05, 0.1) is 17.6 Å². The Labute approximate surface area is 166 Å². The number of benzene rings is 1. The van der Waals surface area contributed by atoms with Crippen LogP contribution in [-0.2, 0) is 16.1 Å². The van der Waals surface area contributed by atoms with Gasteiger partial charge in [0.2, 0.25) is 0 Å². The van der Waals surface area contributed by atoms with Gasteiger partial charge >= 0.3 is 5.97 Å². The zero-order chi connectivity index (χ0) is 20.2. The van der Waals surface area contributed by atoms with Gasteiger partial charge in [-0.05, 0) is 36.8 Å². The highest BCUT2D eigenvalue weighted by atomic mass is 16.5. The van der Waals surface area contributed by atoms with E-state index in [1.54, 1.807) is 29.2 Å². The van der Waals surface area contributed by atoms with Gasteiger partial charge in [-0.3, -0.25) is 9.20 Å². The Morgan fingerprint density at radius 1 is 1.14 bits per heavy atom. The summed E-state index contributed by atoms with van der Waals surface area (Å²) in [7, 11) is 0. The van der Waals surface area contributed by atoms with Crippen molar-refractivity contribution in [3.63, 3.8) is 0 Å².